The Balaban J connectivity index is 1.55. The molecule has 0 radical (unpaired) electrons. The van der Waals surface area contributed by atoms with Gasteiger partial charge in [-0.2, -0.15) is 0 Å². The van der Waals surface area contributed by atoms with Gasteiger partial charge in [0, 0.05) is 35.8 Å². The summed E-state index contributed by atoms with van der Waals surface area (Å²) in [6, 6.07) is 14.2. The lowest BCUT2D eigenvalue weighted by Crippen LogP contribution is -2.32. The summed E-state index contributed by atoms with van der Waals surface area (Å²) in [7, 11) is 0. The van der Waals surface area contributed by atoms with Crippen molar-refractivity contribution < 1.29 is 9.59 Å². The minimum atomic E-state index is -0.327. The van der Waals surface area contributed by atoms with Gasteiger partial charge in [-0.1, -0.05) is 24.1 Å². The summed E-state index contributed by atoms with van der Waals surface area (Å²) < 4.78 is 1.91. The zero-order valence-corrected chi connectivity index (χ0v) is 14.6. The number of nitrogens with one attached hydrogen (secondary N) is 2. The predicted octanol–water partition coefficient (Wildman–Crippen LogP) is 2.28. The number of aromatic nitrogens is 2. The molecule has 2 aromatic carbocycles. The van der Waals surface area contributed by atoms with Crippen LogP contribution in [0.5, 0.6) is 0 Å². The number of benzene rings is 2. The second-order valence-electron chi connectivity index (χ2n) is 5.89. The van der Waals surface area contributed by atoms with E-state index in [1.165, 1.54) is 0 Å². The summed E-state index contributed by atoms with van der Waals surface area (Å²) in [6.07, 6.45) is 10.6. The van der Waals surface area contributed by atoms with Crippen molar-refractivity contribution in [1.82, 2.24) is 14.9 Å². The Labute approximate surface area is 157 Å². The molecular weight excluding hydrogens is 340 g/mol. The molecule has 0 aliphatic heterocycles. The Morgan fingerprint density at radius 3 is 2.78 bits per heavy atom. The maximum Gasteiger partial charge on any atom is 0.251 e. The third-order valence-electron chi connectivity index (χ3n) is 3.84. The topological polar surface area (TPSA) is 76.0 Å². The van der Waals surface area contributed by atoms with Gasteiger partial charge in [0.25, 0.3) is 5.91 Å². The molecule has 2 amide bonds. The van der Waals surface area contributed by atoms with Crippen LogP contribution in [-0.4, -0.2) is 27.9 Å². The highest BCUT2D eigenvalue weighted by Crippen LogP contribution is 2.10. The number of nitrogens with zero attached hydrogens (tertiary/aromatic N) is 2. The molecular formula is C21H18N4O2. The Bertz CT molecular complexity index is 987. The number of hydrogen-bond donors (Lipinski definition) is 2. The lowest BCUT2D eigenvalue weighted by molar-refractivity contribution is -0.115. The number of hydrogen-bond acceptors (Lipinski definition) is 3. The fraction of sp³-hybridized carbons (Fsp3) is 0.0952. The quantitative estimate of drug-likeness (QED) is 0.664. The zero-order valence-electron chi connectivity index (χ0n) is 14.6. The molecule has 1 aromatic heterocycles. The molecule has 3 aromatic rings. The van der Waals surface area contributed by atoms with Crippen LogP contribution in [0.1, 0.15) is 21.5 Å². The maximum atomic E-state index is 12.3. The Morgan fingerprint density at radius 1 is 1.15 bits per heavy atom. The molecule has 0 aliphatic carbocycles. The van der Waals surface area contributed by atoms with Gasteiger partial charge in [0.2, 0.25) is 5.91 Å². The number of carbonyl (C=O) groups is 2. The lowest BCUT2D eigenvalue weighted by atomic mass is 10.1. The molecule has 2 N–H and O–H groups in total. The van der Waals surface area contributed by atoms with Crippen LogP contribution >= 0.6 is 0 Å². The van der Waals surface area contributed by atoms with Gasteiger partial charge in [-0.15, -0.1) is 6.42 Å². The first kappa shape index (κ1) is 18.0. The third kappa shape index (κ3) is 5.06. The first-order chi connectivity index (χ1) is 13.1. The average Bonchev–Trinajstić information content (AvgIpc) is 3.19. The van der Waals surface area contributed by atoms with Gasteiger partial charge >= 0.3 is 0 Å². The lowest BCUT2D eigenvalue weighted by Gasteiger charge is -2.09. The molecule has 6 nitrogen and oxygen atoms in total. The first-order valence-corrected chi connectivity index (χ1v) is 8.33. The zero-order chi connectivity index (χ0) is 19.1. The highest BCUT2D eigenvalue weighted by atomic mass is 16.2. The van der Waals surface area contributed by atoms with Crippen molar-refractivity contribution in [1.29, 1.82) is 0 Å². The monoisotopic (exact) mass is 358 g/mol. The molecule has 0 aliphatic rings. The second-order valence-corrected chi connectivity index (χ2v) is 5.89. The molecule has 0 saturated carbocycles. The number of imidazole rings is 1. The molecule has 27 heavy (non-hydrogen) atoms. The van der Waals surface area contributed by atoms with Crippen molar-refractivity contribution in [3.05, 3.63) is 83.9 Å². The standard InChI is InChI=1S/C21H18N4O2/c1-2-16-5-4-8-19(12-16)24-20(26)13-23-21(27)18-7-3-6-17(11-18)14-25-10-9-22-15-25/h1,3-12,15H,13-14H2,(H,23,27)(H,24,26). The molecule has 0 bridgehead atoms. The second kappa shape index (κ2) is 8.50. The van der Waals surface area contributed by atoms with Gasteiger partial charge in [0.05, 0.1) is 12.9 Å². The fourth-order valence-corrected chi connectivity index (χ4v) is 2.56. The SMILES string of the molecule is C#Cc1cccc(NC(=O)CNC(=O)c2cccc(Cn3ccnc3)c2)c1. The van der Waals surface area contributed by atoms with E-state index < -0.39 is 0 Å². The predicted molar refractivity (Wildman–Crippen MR) is 103 cm³/mol. The van der Waals surface area contributed by atoms with Crippen LogP contribution in [0.4, 0.5) is 5.69 Å². The Kier molecular flexibility index (Phi) is 5.65. The Hall–Kier alpha value is -3.85. The van der Waals surface area contributed by atoms with E-state index in [4.69, 9.17) is 6.42 Å². The van der Waals surface area contributed by atoms with E-state index in [0.29, 0.717) is 23.4 Å². The fourth-order valence-electron chi connectivity index (χ4n) is 2.56. The largest absolute Gasteiger partial charge is 0.343 e. The van der Waals surface area contributed by atoms with Gasteiger partial charge in [-0.3, -0.25) is 9.59 Å². The van der Waals surface area contributed by atoms with E-state index in [1.54, 1.807) is 48.9 Å². The summed E-state index contributed by atoms with van der Waals surface area (Å²) in [4.78, 5) is 28.4. The van der Waals surface area contributed by atoms with Gasteiger partial charge in [0.1, 0.15) is 0 Å². The van der Waals surface area contributed by atoms with Crippen molar-refractivity contribution in [2.24, 2.45) is 0 Å². The van der Waals surface area contributed by atoms with Gasteiger partial charge in [-0.25, -0.2) is 4.98 Å². The van der Waals surface area contributed by atoms with Crippen molar-refractivity contribution in [2.75, 3.05) is 11.9 Å². The molecule has 3 rings (SSSR count). The normalized spacial score (nSPS) is 10.0. The van der Waals surface area contributed by atoms with Gasteiger partial charge in [0.15, 0.2) is 0 Å². The summed E-state index contributed by atoms with van der Waals surface area (Å²) in [5.74, 6) is 1.87. The molecule has 6 heteroatoms. The van der Waals surface area contributed by atoms with Crippen molar-refractivity contribution in [3.8, 4) is 12.3 Å². The summed E-state index contributed by atoms with van der Waals surface area (Å²) in [6.45, 7) is 0.484. The molecule has 0 atom stereocenters. The molecule has 0 unspecified atom stereocenters. The van der Waals surface area contributed by atoms with Crippen LogP contribution in [0.3, 0.4) is 0 Å². The van der Waals surface area contributed by atoms with E-state index in [2.05, 4.69) is 21.5 Å². The Morgan fingerprint density at radius 2 is 2.00 bits per heavy atom. The van der Waals surface area contributed by atoms with Crippen molar-refractivity contribution in [2.45, 2.75) is 6.54 Å². The van der Waals surface area contributed by atoms with Gasteiger partial charge in [-0.05, 0) is 35.9 Å². The van der Waals surface area contributed by atoms with Crippen LogP contribution in [0, 0.1) is 12.3 Å². The van der Waals surface area contributed by atoms with Crippen LogP contribution in [0.15, 0.2) is 67.3 Å². The minimum Gasteiger partial charge on any atom is -0.343 e. The number of terminal acetylenes is 1. The highest BCUT2D eigenvalue weighted by molar-refractivity contribution is 5.99. The van der Waals surface area contributed by atoms with E-state index in [-0.39, 0.29) is 18.4 Å². The highest BCUT2D eigenvalue weighted by Gasteiger charge is 2.09. The maximum absolute atomic E-state index is 12.3. The molecule has 134 valence electrons. The smallest absolute Gasteiger partial charge is 0.251 e. The number of anilines is 1. The first-order valence-electron chi connectivity index (χ1n) is 8.33. The van der Waals surface area contributed by atoms with Crippen molar-refractivity contribution >= 4 is 17.5 Å². The van der Waals surface area contributed by atoms with Crippen LogP contribution < -0.4 is 10.6 Å². The van der Waals surface area contributed by atoms with E-state index >= 15 is 0 Å². The summed E-state index contributed by atoms with van der Waals surface area (Å²) >= 11 is 0. The molecule has 0 spiro atoms. The van der Waals surface area contributed by atoms with E-state index in [1.807, 2.05) is 22.9 Å². The number of rotatable bonds is 6. The van der Waals surface area contributed by atoms with Crippen LogP contribution in [-0.2, 0) is 11.3 Å². The van der Waals surface area contributed by atoms with Crippen LogP contribution in [0.25, 0.3) is 0 Å². The average molecular weight is 358 g/mol. The number of amides is 2. The summed E-state index contributed by atoms with van der Waals surface area (Å²) in [5.41, 5.74) is 2.73. The minimum absolute atomic E-state index is 0.134. The van der Waals surface area contributed by atoms with Crippen LogP contribution in [0.2, 0.25) is 0 Å². The van der Waals surface area contributed by atoms with Gasteiger partial charge < -0.3 is 15.2 Å². The summed E-state index contributed by atoms with van der Waals surface area (Å²) in [5, 5.41) is 5.33. The molecule has 0 fully saturated rings. The number of carbonyl (C=O) groups excluding carboxylic acids is 2. The third-order valence-corrected chi connectivity index (χ3v) is 3.84. The molecule has 0 saturated heterocycles. The van der Waals surface area contributed by atoms with E-state index in [9.17, 15) is 9.59 Å². The van der Waals surface area contributed by atoms with E-state index in [0.717, 1.165) is 5.56 Å². The van der Waals surface area contributed by atoms with Crippen molar-refractivity contribution in [3.63, 3.8) is 0 Å². The molecule has 1 heterocycles.